The van der Waals surface area contributed by atoms with Gasteiger partial charge in [0.05, 0.1) is 27.8 Å². The molecule has 0 aromatic heterocycles. The second kappa shape index (κ2) is 7.94. The van der Waals surface area contributed by atoms with Gasteiger partial charge in [-0.25, -0.2) is 0 Å². The largest absolute Gasteiger partial charge is 0.493 e. The number of methoxy groups -OCH3 is 3. The van der Waals surface area contributed by atoms with Crippen LogP contribution in [0.2, 0.25) is 0 Å². The van der Waals surface area contributed by atoms with Crippen molar-refractivity contribution in [2.45, 2.75) is 18.6 Å². The van der Waals surface area contributed by atoms with Crippen LogP contribution in [0.15, 0.2) is 12.1 Å². The fourth-order valence-electron chi connectivity index (χ4n) is 3.04. The van der Waals surface area contributed by atoms with Gasteiger partial charge in [0.2, 0.25) is 5.75 Å². The van der Waals surface area contributed by atoms with Crippen molar-refractivity contribution in [2.75, 3.05) is 47.5 Å². The summed E-state index contributed by atoms with van der Waals surface area (Å²) in [6, 6.07) is 2.41. The van der Waals surface area contributed by atoms with Crippen molar-refractivity contribution in [2.24, 2.45) is 0 Å². The molecule has 1 heterocycles. The lowest BCUT2D eigenvalue weighted by molar-refractivity contribution is -0.148. The lowest BCUT2D eigenvalue weighted by Gasteiger charge is -2.36. The number of rotatable bonds is 6. The van der Waals surface area contributed by atoms with Crippen LogP contribution in [0.4, 0.5) is 13.2 Å². The zero-order valence-electron chi connectivity index (χ0n) is 14.1. The smallest absolute Gasteiger partial charge is 0.390 e. The van der Waals surface area contributed by atoms with Crippen LogP contribution >= 0.6 is 0 Å². The molecule has 136 valence electrons. The highest BCUT2D eigenvalue weighted by atomic mass is 19.4. The van der Waals surface area contributed by atoms with Crippen LogP contribution in [0.1, 0.15) is 18.0 Å². The molecule has 8 heteroatoms. The molecule has 0 bridgehead atoms. The van der Waals surface area contributed by atoms with E-state index in [1.54, 1.807) is 12.1 Å². The molecule has 5 nitrogen and oxygen atoms in total. The van der Waals surface area contributed by atoms with Crippen molar-refractivity contribution in [1.82, 2.24) is 10.2 Å². The SMILES string of the molecule is COc1ccc([C@@H](CC(F)(F)F)N2CCNCC2)c(OC)c1OC. The molecule has 0 amide bonds. The van der Waals surface area contributed by atoms with E-state index >= 15 is 0 Å². The van der Waals surface area contributed by atoms with Gasteiger partial charge in [0, 0.05) is 37.8 Å². The first-order chi connectivity index (χ1) is 11.4. The fourth-order valence-corrected chi connectivity index (χ4v) is 3.04. The van der Waals surface area contributed by atoms with Gasteiger partial charge in [-0.05, 0) is 12.1 Å². The molecule has 0 radical (unpaired) electrons. The predicted octanol–water partition coefficient (Wildman–Crippen LogP) is 2.61. The van der Waals surface area contributed by atoms with Crippen LogP contribution in [-0.2, 0) is 0 Å². The molecule has 0 unspecified atom stereocenters. The Labute approximate surface area is 139 Å². The van der Waals surface area contributed by atoms with E-state index in [4.69, 9.17) is 14.2 Å². The molecule has 1 N–H and O–H groups in total. The van der Waals surface area contributed by atoms with E-state index in [1.165, 1.54) is 21.3 Å². The highest BCUT2D eigenvalue weighted by molar-refractivity contribution is 5.56. The molecule has 24 heavy (non-hydrogen) atoms. The minimum atomic E-state index is -4.28. The molecule has 2 rings (SSSR count). The van der Waals surface area contributed by atoms with Crippen molar-refractivity contribution in [3.63, 3.8) is 0 Å². The van der Waals surface area contributed by atoms with E-state index < -0.39 is 18.6 Å². The summed E-state index contributed by atoms with van der Waals surface area (Å²) in [5.41, 5.74) is 0.453. The van der Waals surface area contributed by atoms with E-state index in [2.05, 4.69) is 5.32 Å². The van der Waals surface area contributed by atoms with Gasteiger partial charge in [0.15, 0.2) is 11.5 Å². The van der Waals surface area contributed by atoms with Gasteiger partial charge in [-0.1, -0.05) is 0 Å². The van der Waals surface area contributed by atoms with Crippen LogP contribution in [0, 0.1) is 0 Å². The Kier molecular flexibility index (Phi) is 6.17. The van der Waals surface area contributed by atoms with Gasteiger partial charge >= 0.3 is 6.18 Å². The number of alkyl halides is 3. The molecule has 1 aromatic carbocycles. The topological polar surface area (TPSA) is 43.0 Å². The summed E-state index contributed by atoms with van der Waals surface area (Å²) in [6.07, 6.45) is -5.23. The summed E-state index contributed by atoms with van der Waals surface area (Å²) >= 11 is 0. The van der Waals surface area contributed by atoms with E-state index in [1.807, 2.05) is 4.90 Å². The molecule has 1 fully saturated rings. The molecule has 1 atom stereocenters. The van der Waals surface area contributed by atoms with Crippen LogP contribution in [0.3, 0.4) is 0 Å². The summed E-state index contributed by atoms with van der Waals surface area (Å²) < 4.78 is 55.4. The van der Waals surface area contributed by atoms with E-state index in [0.29, 0.717) is 43.2 Å². The average Bonchev–Trinajstić information content (AvgIpc) is 2.58. The van der Waals surface area contributed by atoms with Crippen molar-refractivity contribution in [3.05, 3.63) is 17.7 Å². The Morgan fingerprint density at radius 3 is 2.17 bits per heavy atom. The van der Waals surface area contributed by atoms with Crippen LogP contribution in [0.25, 0.3) is 0 Å². The third kappa shape index (κ3) is 4.24. The van der Waals surface area contributed by atoms with Crippen molar-refractivity contribution in [1.29, 1.82) is 0 Å². The van der Waals surface area contributed by atoms with Gasteiger partial charge < -0.3 is 19.5 Å². The number of nitrogens with one attached hydrogen (secondary N) is 1. The lowest BCUT2D eigenvalue weighted by Crippen LogP contribution is -2.46. The normalized spacial score (nSPS) is 17.4. The number of benzene rings is 1. The minimum Gasteiger partial charge on any atom is -0.493 e. The number of nitrogens with zero attached hydrogens (tertiary/aromatic N) is 1. The number of hydrogen-bond acceptors (Lipinski definition) is 5. The number of piperazine rings is 1. The summed E-state index contributed by atoms with van der Waals surface area (Å²) in [6.45, 7) is 2.39. The van der Waals surface area contributed by atoms with Gasteiger partial charge in [-0.2, -0.15) is 13.2 Å². The number of halogens is 3. The molecule has 1 aliphatic rings. The molecule has 1 aromatic rings. The van der Waals surface area contributed by atoms with Crippen molar-refractivity contribution >= 4 is 0 Å². The fraction of sp³-hybridized carbons (Fsp3) is 0.625. The molecule has 1 aliphatic heterocycles. The zero-order valence-corrected chi connectivity index (χ0v) is 14.1. The lowest BCUT2D eigenvalue weighted by atomic mass is 9.98. The first-order valence-electron chi connectivity index (χ1n) is 7.71. The quantitative estimate of drug-likeness (QED) is 0.856. The monoisotopic (exact) mass is 348 g/mol. The summed E-state index contributed by atoms with van der Waals surface area (Å²) in [7, 11) is 4.33. The first kappa shape index (κ1) is 18.7. The standard InChI is InChI=1S/C16H23F3N2O3/c1-22-13-5-4-11(14(23-2)15(13)24-3)12(10-16(17,18)19)21-8-6-20-7-9-21/h4-5,12,20H,6-10H2,1-3H3/t12-/m1/s1. The number of ether oxygens (including phenoxy) is 3. The Morgan fingerprint density at radius 2 is 1.67 bits per heavy atom. The Bertz CT molecular complexity index is 546. The maximum absolute atomic E-state index is 13.2. The Hall–Kier alpha value is -1.67. The maximum atomic E-state index is 13.2. The molecule has 0 spiro atoms. The Balaban J connectivity index is 2.48. The summed E-state index contributed by atoms with van der Waals surface area (Å²) in [5, 5.41) is 3.15. The van der Waals surface area contributed by atoms with Gasteiger partial charge in [0.1, 0.15) is 0 Å². The predicted molar refractivity (Wildman–Crippen MR) is 84.0 cm³/mol. The highest BCUT2D eigenvalue weighted by Gasteiger charge is 2.38. The van der Waals surface area contributed by atoms with Crippen molar-refractivity contribution in [3.8, 4) is 17.2 Å². The molecule has 1 saturated heterocycles. The molecule has 0 aliphatic carbocycles. The molecular formula is C16H23F3N2O3. The molecular weight excluding hydrogens is 325 g/mol. The first-order valence-corrected chi connectivity index (χ1v) is 7.71. The molecule has 0 saturated carbocycles. The number of hydrogen-bond donors (Lipinski definition) is 1. The Morgan fingerprint density at radius 1 is 1.04 bits per heavy atom. The second-order valence-electron chi connectivity index (χ2n) is 5.54. The zero-order chi connectivity index (χ0) is 17.7. The summed E-state index contributed by atoms with van der Waals surface area (Å²) in [4.78, 5) is 1.83. The summed E-state index contributed by atoms with van der Waals surface area (Å²) in [5.74, 6) is 1.01. The second-order valence-corrected chi connectivity index (χ2v) is 5.54. The van der Waals surface area contributed by atoms with E-state index in [9.17, 15) is 13.2 Å². The minimum absolute atomic E-state index is 0.282. The van der Waals surface area contributed by atoms with Crippen molar-refractivity contribution < 1.29 is 27.4 Å². The van der Waals surface area contributed by atoms with Crippen LogP contribution in [0.5, 0.6) is 17.2 Å². The average molecular weight is 348 g/mol. The van der Waals surface area contributed by atoms with Crippen LogP contribution < -0.4 is 19.5 Å². The van der Waals surface area contributed by atoms with E-state index in [-0.39, 0.29) is 5.75 Å². The van der Waals surface area contributed by atoms with Gasteiger partial charge in [-0.3, -0.25) is 4.90 Å². The third-order valence-electron chi connectivity index (χ3n) is 4.11. The van der Waals surface area contributed by atoms with Crippen LogP contribution in [-0.4, -0.2) is 58.6 Å². The highest BCUT2D eigenvalue weighted by Crippen LogP contribution is 2.46. The third-order valence-corrected chi connectivity index (χ3v) is 4.11. The van der Waals surface area contributed by atoms with E-state index in [0.717, 1.165) is 0 Å². The van der Waals surface area contributed by atoms with Gasteiger partial charge in [0.25, 0.3) is 0 Å². The maximum Gasteiger partial charge on any atom is 0.390 e. The van der Waals surface area contributed by atoms with Gasteiger partial charge in [-0.15, -0.1) is 0 Å².